The summed E-state index contributed by atoms with van der Waals surface area (Å²) < 4.78 is 28.7. The molecule has 2 aromatic rings. The van der Waals surface area contributed by atoms with Crippen molar-refractivity contribution in [1.82, 2.24) is 19.8 Å². The van der Waals surface area contributed by atoms with Gasteiger partial charge in [-0.05, 0) is 32.9 Å². The van der Waals surface area contributed by atoms with Crippen LogP contribution >= 0.6 is 0 Å². The summed E-state index contributed by atoms with van der Waals surface area (Å²) >= 11 is 0. The van der Waals surface area contributed by atoms with Crippen LogP contribution in [-0.4, -0.2) is 31.3 Å². The molecular weight excluding hydrogens is 312 g/mol. The molecule has 0 spiro atoms. The van der Waals surface area contributed by atoms with Gasteiger partial charge in [-0.1, -0.05) is 17.7 Å². The Morgan fingerprint density at radius 3 is 2.30 bits per heavy atom. The minimum absolute atomic E-state index is 0.294. The number of hydrogen-bond acceptors (Lipinski definition) is 4. The van der Waals surface area contributed by atoms with E-state index in [1.165, 1.54) is 0 Å². The van der Waals surface area contributed by atoms with Crippen LogP contribution in [0.5, 0.6) is 0 Å². The smallest absolute Gasteiger partial charge is 0.240 e. The quantitative estimate of drug-likeness (QED) is 0.750. The second kappa shape index (κ2) is 7.25. The maximum Gasteiger partial charge on any atom is 0.240 e. The summed E-state index contributed by atoms with van der Waals surface area (Å²) in [4.78, 5) is 0.294. The Labute approximate surface area is 138 Å². The third-order valence-electron chi connectivity index (χ3n) is 3.89. The molecule has 2 rings (SSSR count). The van der Waals surface area contributed by atoms with Crippen molar-refractivity contribution < 1.29 is 8.42 Å². The van der Waals surface area contributed by atoms with Gasteiger partial charge in [-0.15, -0.1) is 0 Å². The molecule has 0 amide bonds. The van der Waals surface area contributed by atoms with Crippen molar-refractivity contribution in [2.24, 2.45) is 7.05 Å². The number of rotatable bonds is 7. The normalized spacial score (nSPS) is 11.8. The Bertz CT molecular complexity index is 764. The summed E-state index contributed by atoms with van der Waals surface area (Å²) in [6, 6.07) is 6.82. The molecule has 7 heteroatoms. The maximum absolute atomic E-state index is 12.1. The fourth-order valence-electron chi connectivity index (χ4n) is 2.36. The molecular formula is C16H24N4O2S. The van der Waals surface area contributed by atoms with Crippen LogP contribution < -0.4 is 10.0 Å². The lowest BCUT2D eigenvalue weighted by Crippen LogP contribution is -2.31. The highest BCUT2D eigenvalue weighted by molar-refractivity contribution is 7.89. The lowest BCUT2D eigenvalue weighted by molar-refractivity contribution is 0.575. The summed E-state index contributed by atoms with van der Waals surface area (Å²) in [5.41, 5.74) is 4.31. The summed E-state index contributed by atoms with van der Waals surface area (Å²) in [5.74, 6) is 0. The number of nitrogens with zero attached hydrogens (tertiary/aromatic N) is 2. The molecule has 0 unspecified atom stereocenters. The molecule has 1 aromatic heterocycles. The summed E-state index contributed by atoms with van der Waals surface area (Å²) in [5, 5.41) is 7.61. The molecule has 23 heavy (non-hydrogen) atoms. The summed E-state index contributed by atoms with van der Waals surface area (Å²) in [6.07, 6.45) is 0. The molecule has 1 aromatic carbocycles. The molecule has 2 N–H and O–H groups in total. The first kappa shape index (κ1) is 17.7. The van der Waals surface area contributed by atoms with Crippen molar-refractivity contribution in [1.29, 1.82) is 0 Å². The molecule has 0 saturated carbocycles. The van der Waals surface area contributed by atoms with Crippen molar-refractivity contribution in [3.63, 3.8) is 0 Å². The first-order chi connectivity index (χ1) is 10.8. The Morgan fingerprint density at radius 2 is 1.74 bits per heavy atom. The number of aryl methyl sites for hydroxylation is 3. The molecule has 0 radical (unpaired) electrons. The van der Waals surface area contributed by atoms with Gasteiger partial charge in [-0.2, -0.15) is 5.10 Å². The molecule has 0 aliphatic rings. The van der Waals surface area contributed by atoms with Gasteiger partial charge in [-0.3, -0.25) is 4.68 Å². The van der Waals surface area contributed by atoms with Crippen LogP contribution in [0.3, 0.4) is 0 Å². The standard InChI is InChI=1S/C16H24N4O2S/c1-12-5-7-15(8-6-12)23(21,22)18-10-9-17-11-16-13(2)19-20(4)14(16)3/h5-8,17-18H,9-11H2,1-4H3. The second-order valence-corrected chi connectivity index (χ2v) is 7.43. The van der Waals surface area contributed by atoms with E-state index in [2.05, 4.69) is 15.1 Å². The first-order valence-corrected chi connectivity index (χ1v) is 9.05. The van der Waals surface area contributed by atoms with Gasteiger partial charge in [0.25, 0.3) is 0 Å². The Morgan fingerprint density at radius 1 is 1.09 bits per heavy atom. The van der Waals surface area contributed by atoms with E-state index >= 15 is 0 Å². The number of hydrogen-bond donors (Lipinski definition) is 2. The van der Waals surface area contributed by atoms with Crippen molar-refractivity contribution in [3.05, 3.63) is 46.8 Å². The number of benzene rings is 1. The van der Waals surface area contributed by atoms with E-state index in [1.54, 1.807) is 24.3 Å². The molecule has 126 valence electrons. The third kappa shape index (κ3) is 4.40. The lowest BCUT2D eigenvalue weighted by Gasteiger charge is -2.08. The fraction of sp³-hybridized carbons (Fsp3) is 0.438. The van der Waals surface area contributed by atoms with Crippen molar-refractivity contribution in [3.8, 4) is 0 Å². The van der Waals surface area contributed by atoms with E-state index in [0.29, 0.717) is 24.5 Å². The van der Waals surface area contributed by atoms with Gasteiger partial charge < -0.3 is 5.32 Å². The van der Waals surface area contributed by atoms with Crippen LogP contribution in [0.1, 0.15) is 22.5 Å². The highest BCUT2D eigenvalue weighted by atomic mass is 32.2. The van der Waals surface area contributed by atoms with Gasteiger partial charge in [-0.25, -0.2) is 13.1 Å². The van der Waals surface area contributed by atoms with Crippen molar-refractivity contribution in [2.45, 2.75) is 32.2 Å². The molecule has 0 saturated heterocycles. The Balaban J connectivity index is 1.82. The van der Waals surface area contributed by atoms with Gasteiger partial charge in [0.1, 0.15) is 0 Å². The number of sulfonamides is 1. The zero-order chi connectivity index (χ0) is 17.0. The molecule has 6 nitrogen and oxygen atoms in total. The molecule has 0 aliphatic heterocycles. The maximum atomic E-state index is 12.1. The van der Waals surface area contributed by atoms with Gasteiger partial charge in [0.2, 0.25) is 10.0 Å². The zero-order valence-corrected chi connectivity index (χ0v) is 14.9. The minimum atomic E-state index is -3.44. The monoisotopic (exact) mass is 336 g/mol. The van der Waals surface area contributed by atoms with Crippen LogP contribution in [0.25, 0.3) is 0 Å². The van der Waals surface area contributed by atoms with E-state index in [0.717, 1.165) is 22.5 Å². The second-order valence-electron chi connectivity index (χ2n) is 5.66. The largest absolute Gasteiger partial charge is 0.311 e. The summed E-state index contributed by atoms with van der Waals surface area (Å²) in [7, 11) is -1.52. The van der Waals surface area contributed by atoms with E-state index < -0.39 is 10.0 Å². The Kier molecular flexibility index (Phi) is 5.56. The van der Waals surface area contributed by atoms with E-state index in [-0.39, 0.29) is 0 Å². The van der Waals surface area contributed by atoms with Crippen LogP contribution in [0.4, 0.5) is 0 Å². The van der Waals surface area contributed by atoms with Crippen molar-refractivity contribution in [2.75, 3.05) is 13.1 Å². The zero-order valence-electron chi connectivity index (χ0n) is 14.0. The first-order valence-electron chi connectivity index (χ1n) is 7.57. The van der Waals surface area contributed by atoms with Crippen molar-refractivity contribution >= 4 is 10.0 Å². The highest BCUT2D eigenvalue weighted by Gasteiger charge is 2.13. The van der Waals surface area contributed by atoms with Crippen LogP contribution in [0, 0.1) is 20.8 Å². The Hall–Kier alpha value is -1.70. The third-order valence-corrected chi connectivity index (χ3v) is 5.36. The van der Waals surface area contributed by atoms with Gasteiger partial charge in [0.15, 0.2) is 0 Å². The van der Waals surface area contributed by atoms with Crippen LogP contribution in [0.2, 0.25) is 0 Å². The van der Waals surface area contributed by atoms with Gasteiger partial charge in [0, 0.05) is 37.9 Å². The molecule has 0 aliphatic carbocycles. The predicted octanol–water partition coefficient (Wildman–Crippen LogP) is 1.41. The summed E-state index contributed by atoms with van der Waals surface area (Å²) in [6.45, 7) is 7.50. The molecule has 1 heterocycles. The lowest BCUT2D eigenvalue weighted by atomic mass is 10.2. The van der Waals surface area contributed by atoms with E-state index in [1.807, 2.05) is 32.5 Å². The predicted molar refractivity (Wildman–Crippen MR) is 90.8 cm³/mol. The van der Waals surface area contributed by atoms with Gasteiger partial charge >= 0.3 is 0 Å². The minimum Gasteiger partial charge on any atom is -0.311 e. The molecule has 0 bridgehead atoms. The van der Waals surface area contributed by atoms with Gasteiger partial charge in [0.05, 0.1) is 10.6 Å². The molecule has 0 fully saturated rings. The van der Waals surface area contributed by atoms with E-state index in [9.17, 15) is 8.42 Å². The average Bonchev–Trinajstić information content (AvgIpc) is 2.73. The number of nitrogens with one attached hydrogen (secondary N) is 2. The SMILES string of the molecule is Cc1ccc(S(=O)(=O)NCCNCc2c(C)nn(C)c2C)cc1. The van der Waals surface area contributed by atoms with Crippen LogP contribution in [-0.2, 0) is 23.6 Å². The molecule has 0 atom stereocenters. The fourth-order valence-corrected chi connectivity index (χ4v) is 3.39. The average molecular weight is 336 g/mol. The number of aromatic nitrogens is 2. The highest BCUT2D eigenvalue weighted by Crippen LogP contribution is 2.11. The van der Waals surface area contributed by atoms with E-state index in [4.69, 9.17) is 0 Å². The van der Waals surface area contributed by atoms with Crippen LogP contribution in [0.15, 0.2) is 29.2 Å². The topological polar surface area (TPSA) is 76.0 Å².